The Labute approximate surface area is 173 Å². The summed E-state index contributed by atoms with van der Waals surface area (Å²) in [5, 5.41) is 2.76. The van der Waals surface area contributed by atoms with Gasteiger partial charge >= 0.3 is 0 Å². The zero-order chi connectivity index (χ0) is 20.3. The van der Waals surface area contributed by atoms with Gasteiger partial charge in [-0.2, -0.15) is 0 Å². The maximum absolute atomic E-state index is 12.4. The first-order valence-electron chi connectivity index (χ1n) is 10.2. The van der Waals surface area contributed by atoms with E-state index in [2.05, 4.69) is 34.5 Å². The van der Waals surface area contributed by atoms with Gasteiger partial charge in [0, 0.05) is 39.1 Å². The smallest absolute Gasteiger partial charge is 0.242 e. The van der Waals surface area contributed by atoms with E-state index < -0.39 is 0 Å². The molecule has 1 heterocycles. The zero-order valence-electron chi connectivity index (χ0n) is 16.8. The number of carbonyl (C=O) groups is 2. The minimum atomic E-state index is -0.0770. The highest BCUT2D eigenvalue weighted by Crippen LogP contribution is 2.05. The first kappa shape index (κ1) is 20.8. The van der Waals surface area contributed by atoms with Crippen molar-refractivity contribution in [3.63, 3.8) is 0 Å². The van der Waals surface area contributed by atoms with Crippen LogP contribution in [0.1, 0.15) is 17.5 Å². The van der Waals surface area contributed by atoms with E-state index in [-0.39, 0.29) is 18.4 Å². The molecule has 1 aliphatic rings. The Balaban J connectivity index is 1.31. The highest BCUT2D eigenvalue weighted by molar-refractivity contribution is 5.84. The van der Waals surface area contributed by atoms with E-state index in [1.54, 1.807) is 0 Å². The van der Waals surface area contributed by atoms with Gasteiger partial charge in [-0.15, -0.1) is 0 Å². The van der Waals surface area contributed by atoms with Crippen molar-refractivity contribution in [2.45, 2.75) is 12.8 Å². The van der Waals surface area contributed by atoms with E-state index >= 15 is 0 Å². The van der Waals surface area contributed by atoms with E-state index in [4.69, 9.17) is 0 Å². The second kappa shape index (κ2) is 11.2. The molecule has 0 aliphatic carbocycles. The fourth-order valence-electron chi connectivity index (χ4n) is 3.36. The van der Waals surface area contributed by atoms with Crippen LogP contribution in [0.15, 0.2) is 66.7 Å². The lowest BCUT2D eigenvalue weighted by atomic mass is 10.1. The van der Waals surface area contributed by atoms with Gasteiger partial charge in [0.25, 0.3) is 0 Å². The van der Waals surface area contributed by atoms with Gasteiger partial charge in [-0.1, -0.05) is 72.8 Å². The van der Waals surface area contributed by atoms with Gasteiger partial charge < -0.3 is 10.2 Å². The van der Waals surface area contributed by atoms with E-state index in [1.165, 1.54) is 5.56 Å². The van der Waals surface area contributed by atoms with Crippen molar-refractivity contribution in [1.29, 1.82) is 0 Å². The zero-order valence-corrected chi connectivity index (χ0v) is 16.8. The fourth-order valence-corrected chi connectivity index (χ4v) is 3.36. The highest BCUT2D eigenvalue weighted by Gasteiger charge is 2.20. The Bertz CT molecular complexity index is 797. The van der Waals surface area contributed by atoms with E-state index in [0.29, 0.717) is 25.9 Å². The summed E-state index contributed by atoms with van der Waals surface area (Å²) in [5.41, 5.74) is 2.33. The topological polar surface area (TPSA) is 52.7 Å². The number of hydrogen-bond acceptors (Lipinski definition) is 3. The van der Waals surface area contributed by atoms with Crippen LogP contribution in [0.3, 0.4) is 0 Å². The average molecular weight is 392 g/mol. The number of carbonyl (C=O) groups excluding carboxylic acids is 2. The molecule has 5 heteroatoms. The number of nitrogens with zero attached hydrogens (tertiary/aromatic N) is 2. The van der Waals surface area contributed by atoms with E-state index in [1.807, 2.05) is 53.4 Å². The molecule has 2 amide bonds. The fraction of sp³-hybridized carbons (Fsp3) is 0.333. The van der Waals surface area contributed by atoms with Gasteiger partial charge in [-0.05, 0) is 17.5 Å². The molecule has 1 N–H and O–H groups in total. The standard InChI is InChI=1S/C24H29N3O2/c28-23(14-13-22-10-5-2-6-11-22)25-20-24(29)27-18-16-26(17-19-27)15-7-12-21-8-3-1-4-9-21/h1-12H,13-20H2,(H,25,28)/b12-7+. The lowest BCUT2D eigenvalue weighted by Crippen LogP contribution is -2.51. The molecule has 0 saturated carbocycles. The second-order valence-corrected chi connectivity index (χ2v) is 7.26. The number of piperazine rings is 1. The van der Waals surface area contributed by atoms with Gasteiger partial charge in [0.05, 0.1) is 6.54 Å². The molecular formula is C24H29N3O2. The minimum Gasteiger partial charge on any atom is -0.347 e. The van der Waals surface area contributed by atoms with E-state index in [0.717, 1.165) is 25.2 Å². The molecular weight excluding hydrogens is 362 g/mol. The lowest BCUT2D eigenvalue weighted by Gasteiger charge is -2.34. The predicted molar refractivity (Wildman–Crippen MR) is 116 cm³/mol. The maximum Gasteiger partial charge on any atom is 0.242 e. The summed E-state index contributed by atoms with van der Waals surface area (Å²) in [6.45, 7) is 4.09. The summed E-state index contributed by atoms with van der Waals surface area (Å²) >= 11 is 0. The second-order valence-electron chi connectivity index (χ2n) is 7.26. The van der Waals surface area contributed by atoms with Gasteiger partial charge in [0.2, 0.25) is 11.8 Å². The molecule has 5 nitrogen and oxygen atoms in total. The van der Waals surface area contributed by atoms with Crippen molar-refractivity contribution >= 4 is 17.9 Å². The van der Waals surface area contributed by atoms with Crippen molar-refractivity contribution in [2.75, 3.05) is 39.3 Å². The number of hydrogen-bond donors (Lipinski definition) is 1. The molecule has 0 radical (unpaired) electrons. The van der Waals surface area contributed by atoms with Crippen molar-refractivity contribution < 1.29 is 9.59 Å². The molecule has 0 spiro atoms. The van der Waals surface area contributed by atoms with Crippen LogP contribution in [0.25, 0.3) is 6.08 Å². The molecule has 0 bridgehead atoms. The number of benzene rings is 2. The summed E-state index contributed by atoms with van der Waals surface area (Å²) in [4.78, 5) is 28.5. The van der Waals surface area contributed by atoms with Gasteiger partial charge in [0.15, 0.2) is 0 Å². The third-order valence-corrected chi connectivity index (χ3v) is 5.12. The minimum absolute atomic E-state index is 0.00228. The van der Waals surface area contributed by atoms with Crippen LogP contribution in [0.2, 0.25) is 0 Å². The molecule has 152 valence electrons. The Morgan fingerprint density at radius 2 is 1.55 bits per heavy atom. The third-order valence-electron chi connectivity index (χ3n) is 5.12. The Kier molecular flexibility index (Phi) is 8.01. The van der Waals surface area contributed by atoms with Crippen LogP contribution in [0, 0.1) is 0 Å². The summed E-state index contributed by atoms with van der Waals surface area (Å²) < 4.78 is 0. The molecule has 2 aromatic rings. The van der Waals surface area contributed by atoms with Crippen LogP contribution in [-0.2, 0) is 16.0 Å². The van der Waals surface area contributed by atoms with Gasteiger partial charge in [-0.3, -0.25) is 14.5 Å². The molecule has 1 fully saturated rings. The number of nitrogens with one attached hydrogen (secondary N) is 1. The van der Waals surface area contributed by atoms with Crippen LogP contribution in [-0.4, -0.2) is 60.9 Å². The molecule has 29 heavy (non-hydrogen) atoms. The number of amides is 2. The Hall–Kier alpha value is -2.92. The van der Waals surface area contributed by atoms with Crippen molar-refractivity contribution in [3.8, 4) is 0 Å². The molecule has 1 aliphatic heterocycles. The molecule has 1 saturated heterocycles. The Morgan fingerprint density at radius 3 is 2.24 bits per heavy atom. The normalized spacial score (nSPS) is 14.8. The summed E-state index contributed by atoms with van der Waals surface area (Å²) in [6.07, 6.45) is 5.39. The molecule has 0 atom stereocenters. The quantitative estimate of drug-likeness (QED) is 0.753. The third kappa shape index (κ3) is 7.20. The average Bonchev–Trinajstić information content (AvgIpc) is 2.78. The number of aryl methyl sites for hydroxylation is 1. The first-order valence-corrected chi connectivity index (χ1v) is 10.2. The maximum atomic E-state index is 12.4. The van der Waals surface area contributed by atoms with Crippen molar-refractivity contribution in [2.24, 2.45) is 0 Å². The summed E-state index contributed by atoms with van der Waals surface area (Å²) in [7, 11) is 0. The molecule has 2 aromatic carbocycles. The van der Waals surface area contributed by atoms with Gasteiger partial charge in [0.1, 0.15) is 0 Å². The summed E-state index contributed by atoms with van der Waals surface area (Å²) in [5.74, 6) is -0.0792. The van der Waals surface area contributed by atoms with Crippen molar-refractivity contribution in [3.05, 3.63) is 77.9 Å². The monoisotopic (exact) mass is 391 g/mol. The van der Waals surface area contributed by atoms with Crippen LogP contribution >= 0.6 is 0 Å². The van der Waals surface area contributed by atoms with Crippen molar-refractivity contribution in [1.82, 2.24) is 15.1 Å². The number of rotatable bonds is 8. The first-order chi connectivity index (χ1) is 14.2. The largest absolute Gasteiger partial charge is 0.347 e. The van der Waals surface area contributed by atoms with Gasteiger partial charge in [-0.25, -0.2) is 0 Å². The van der Waals surface area contributed by atoms with E-state index in [9.17, 15) is 9.59 Å². The molecule has 0 unspecified atom stereocenters. The summed E-state index contributed by atoms with van der Waals surface area (Å²) in [6, 6.07) is 20.2. The predicted octanol–water partition coefficient (Wildman–Crippen LogP) is 2.59. The molecule has 3 rings (SSSR count). The Morgan fingerprint density at radius 1 is 0.897 bits per heavy atom. The lowest BCUT2D eigenvalue weighted by molar-refractivity contribution is -0.134. The molecule has 0 aromatic heterocycles. The SMILES string of the molecule is O=C(CCc1ccccc1)NCC(=O)N1CCN(C/C=C/c2ccccc2)CC1. The van der Waals surface area contributed by atoms with Crippen LogP contribution < -0.4 is 5.32 Å². The van der Waals surface area contributed by atoms with Crippen LogP contribution in [0.4, 0.5) is 0 Å². The highest BCUT2D eigenvalue weighted by atomic mass is 16.2. The van der Waals surface area contributed by atoms with Crippen LogP contribution in [0.5, 0.6) is 0 Å².